The van der Waals surface area contributed by atoms with Crippen molar-refractivity contribution in [1.82, 2.24) is 4.98 Å². The van der Waals surface area contributed by atoms with Gasteiger partial charge in [0, 0.05) is 11.0 Å². The summed E-state index contributed by atoms with van der Waals surface area (Å²) in [6.45, 7) is 4.66. The molecule has 0 unspecified atom stereocenters. The van der Waals surface area contributed by atoms with Crippen molar-refractivity contribution in [3.05, 3.63) is 58.1 Å². The molecule has 0 aliphatic heterocycles. The van der Waals surface area contributed by atoms with Crippen molar-refractivity contribution in [3.63, 3.8) is 0 Å². The SMILES string of the molecule is CC.COC(=O)c1ccc(CNc2nc3cc(Br)ccc3s2)cc1. The first kappa shape index (κ1) is 18.4. The Morgan fingerprint density at radius 1 is 1.21 bits per heavy atom. The van der Waals surface area contributed by atoms with E-state index >= 15 is 0 Å². The Balaban J connectivity index is 0.00000100. The molecule has 0 radical (unpaired) electrons. The summed E-state index contributed by atoms with van der Waals surface area (Å²) in [6.07, 6.45) is 0. The van der Waals surface area contributed by atoms with Crippen LogP contribution in [0.4, 0.5) is 5.13 Å². The molecule has 0 saturated heterocycles. The van der Waals surface area contributed by atoms with Crippen LogP contribution >= 0.6 is 27.3 Å². The van der Waals surface area contributed by atoms with E-state index in [1.165, 1.54) is 7.11 Å². The second-order valence-electron chi connectivity index (χ2n) is 4.67. The van der Waals surface area contributed by atoms with E-state index in [1.807, 2.05) is 44.2 Å². The van der Waals surface area contributed by atoms with Gasteiger partial charge >= 0.3 is 5.97 Å². The number of anilines is 1. The second kappa shape index (κ2) is 8.80. The molecule has 2 aromatic carbocycles. The summed E-state index contributed by atoms with van der Waals surface area (Å²) in [5.74, 6) is -0.323. The third-order valence-electron chi connectivity index (χ3n) is 3.17. The molecule has 4 nitrogen and oxygen atoms in total. The number of carbonyl (C=O) groups is 1. The Morgan fingerprint density at radius 3 is 2.58 bits per heavy atom. The van der Waals surface area contributed by atoms with Crippen molar-refractivity contribution in [3.8, 4) is 0 Å². The van der Waals surface area contributed by atoms with Gasteiger partial charge in [0.25, 0.3) is 0 Å². The lowest BCUT2D eigenvalue weighted by molar-refractivity contribution is 0.0600. The van der Waals surface area contributed by atoms with Gasteiger partial charge in [0.1, 0.15) is 0 Å². The van der Waals surface area contributed by atoms with E-state index in [9.17, 15) is 4.79 Å². The minimum Gasteiger partial charge on any atom is -0.465 e. The minimum absolute atomic E-state index is 0.323. The van der Waals surface area contributed by atoms with Crippen LogP contribution in [0, 0.1) is 0 Å². The van der Waals surface area contributed by atoms with E-state index in [0.717, 1.165) is 25.4 Å². The molecule has 3 rings (SSSR count). The van der Waals surface area contributed by atoms with E-state index < -0.39 is 0 Å². The molecule has 0 aliphatic carbocycles. The maximum absolute atomic E-state index is 11.4. The Morgan fingerprint density at radius 2 is 1.92 bits per heavy atom. The number of hydrogen-bond donors (Lipinski definition) is 1. The van der Waals surface area contributed by atoms with Crippen molar-refractivity contribution in [2.45, 2.75) is 20.4 Å². The summed E-state index contributed by atoms with van der Waals surface area (Å²) in [4.78, 5) is 15.9. The zero-order valence-corrected chi connectivity index (χ0v) is 16.2. The molecule has 1 N–H and O–H groups in total. The van der Waals surface area contributed by atoms with Crippen molar-refractivity contribution < 1.29 is 9.53 Å². The van der Waals surface area contributed by atoms with E-state index in [1.54, 1.807) is 23.5 Å². The number of hydrogen-bond acceptors (Lipinski definition) is 5. The molecule has 24 heavy (non-hydrogen) atoms. The number of carbonyl (C=O) groups excluding carboxylic acids is 1. The average molecular weight is 407 g/mol. The Labute approximate surface area is 154 Å². The zero-order valence-electron chi connectivity index (χ0n) is 13.8. The van der Waals surface area contributed by atoms with Crippen LogP contribution in [-0.2, 0) is 11.3 Å². The van der Waals surface area contributed by atoms with Gasteiger partial charge in [-0.3, -0.25) is 0 Å². The van der Waals surface area contributed by atoms with Crippen LogP contribution < -0.4 is 5.32 Å². The number of nitrogens with one attached hydrogen (secondary N) is 1. The number of thiazole rings is 1. The van der Waals surface area contributed by atoms with Crippen molar-refractivity contribution in [2.75, 3.05) is 12.4 Å². The van der Waals surface area contributed by atoms with Crippen LogP contribution in [0.1, 0.15) is 29.8 Å². The number of methoxy groups -OCH3 is 1. The first-order valence-corrected chi connectivity index (χ1v) is 9.24. The first-order valence-electron chi connectivity index (χ1n) is 7.63. The predicted molar refractivity (Wildman–Crippen MR) is 104 cm³/mol. The van der Waals surface area contributed by atoms with Crippen molar-refractivity contribution >= 4 is 48.6 Å². The van der Waals surface area contributed by atoms with Gasteiger partial charge in [-0.05, 0) is 35.9 Å². The molecule has 6 heteroatoms. The molecule has 0 atom stereocenters. The summed E-state index contributed by atoms with van der Waals surface area (Å²) in [7, 11) is 1.38. The third kappa shape index (κ3) is 4.55. The van der Waals surface area contributed by atoms with Gasteiger partial charge in [-0.1, -0.05) is 53.2 Å². The lowest BCUT2D eigenvalue weighted by Crippen LogP contribution is -2.02. The summed E-state index contributed by atoms with van der Waals surface area (Å²) < 4.78 is 6.85. The van der Waals surface area contributed by atoms with Gasteiger partial charge in [0.2, 0.25) is 0 Å². The van der Waals surface area contributed by atoms with E-state index in [0.29, 0.717) is 12.1 Å². The maximum atomic E-state index is 11.4. The molecule has 0 amide bonds. The standard InChI is InChI=1S/C16H13BrN2O2S.C2H6/c1-21-15(20)11-4-2-10(3-5-11)9-18-16-19-13-8-12(17)6-7-14(13)22-16;1-2/h2-8H,9H2,1H3,(H,18,19);1-2H3. The van der Waals surface area contributed by atoms with Crippen molar-refractivity contribution in [2.24, 2.45) is 0 Å². The zero-order chi connectivity index (χ0) is 17.5. The molecule has 0 saturated carbocycles. The third-order valence-corrected chi connectivity index (χ3v) is 4.66. The molecule has 0 bridgehead atoms. The van der Waals surface area contributed by atoms with Gasteiger partial charge in [-0.25, -0.2) is 9.78 Å². The molecular weight excluding hydrogens is 388 g/mol. The Kier molecular flexibility index (Phi) is 6.75. The highest BCUT2D eigenvalue weighted by Crippen LogP contribution is 2.28. The van der Waals surface area contributed by atoms with E-state index in [4.69, 9.17) is 0 Å². The fourth-order valence-corrected chi connectivity index (χ4v) is 3.22. The highest BCUT2D eigenvalue weighted by molar-refractivity contribution is 9.10. The maximum Gasteiger partial charge on any atom is 0.337 e. The average Bonchev–Trinajstić information content (AvgIpc) is 3.03. The normalized spacial score (nSPS) is 10.0. The van der Waals surface area contributed by atoms with Gasteiger partial charge in [0.15, 0.2) is 5.13 Å². The quantitative estimate of drug-likeness (QED) is 0.582. The molecular formula is C18H19BrN2O2S. The monoisotopic (exact) mass is 406 g/mol. The largest absolute Gasteiger partial charge is 0.465 e. The van der Waals surface area contributed by atoms with Gasteiger partial charge in [-0.2, -0.15) is 0 Å². The Hall–Kier alpha value is -1.92. The summed E-state index contributed by atoms with van der Waals surface area (Å²) in [6, 6.07) is 13.4. The molecule has 0 spiro atoms. The lowest BCUT2D eigenvalue weighted by atomic mass is 10.1. The molecule has 0 aliphatic rings. The fraction of sp³-hybridized carbons (Fsp3) is 0.222. The topological polar surface area (TPSA) is 51.2 Å². The number of halogens is 1. The summed E-state index contributed by atoms with van der Waals surface area (Å²) >= 11 is 5.07. The van der Waals surface area contributed by atoms with Crippen molar-refractivity contribution in [1.29, 1.82) is 0 Å². The Bertz CT molecular complexity index is 816. The number of rotatable bonds is 4. The van der Waals surface area contributed by atoms with Crippen LogP contribution in [0.15, 0.2) is 46.9 Å². The number of benzene rings is 2. The minimum atomic E-state index is -0.323. The van der Waals surface area contributed by atoms with E-state index in [-0.39, 0.29) is 5.97 Å². The number of nitrogens with zero attached hydrogens (tertiary/aromatic N) is 1. The first-order chi connectivity index (χ1) is 11.7. The van der Waals surface area contributed by atoms with Gasteiger partial charge in [0.05, 0.1) is 22.9 Å². The van der Waals surface area contributed by atoms with Crippen LogP contribution in [0.25, 0.3) is 10.2 Å². The van der Waals surface area contributed by atoms with Crippen LogP contribution in [0.3, 0.4) is 0 Å². The molecule has 1 aromatic heterocycles. The smallest absolute Gasteiger partial charge is 0.337 e. The number of aromatic nitrogens is 1. The molecule has 0 fully saturated rings. The second-order valence-corrected chi connectivity index (χ2v) is 6.62. The van der Waals surface area contributed by atoms with Crippen LogP contribution in [-0.4, -0.2) is 18.1 Å². The molecule has 1 heterocycles. The predicted octanol–water partition coefficient (Wildman–Crippen LogP) is 5.48. The fourth-order valence-electron chi connectivity index (χ4n) is 2.03. The summed E-state index contributed by atoms with van der Waals surface area (Å²) in [5, 5.41) is 4.19. The van der Waals surface area contributed by atoms with Gasteiger partial charge in [-0.15, -0.1) is 0 Å². The number of ether oxygens (including phenoxy) is 1. The molecule has 126 valence electrons. The van der Waals surface area contributed by atoms with Crippen LogP contribution in [0.2, 0.25) is 0 Å². The van der Waals surface area contributed by atoms with Crippen LogP contribution in [0.5, 0.6) is 0 Å². The van der Waals surface area contributed by atoms with Gasteiger partial charge < -0.3 is 10.1 Å². The number of fused-ring (bicyclic) bond motifs is 1. The molecule has 3 aromatic rings. The lowest BCUT2D eigenvalue weighted by Gasteiger charge is -2.04. The highest BCUT2D eigenvalue weighted by Gasteiger charge is 2.06. The highest BCUT2D eigenvalue weighted by atomic mass is 79.9. The number of esters is 1. The summed E-state index contributed by atoms with van der Waals surface area (Å²) in [5.41, 5.74) is 2.60. The van der Waals surface area contributed by atoms with E-state index in [2.05, 4.69) is 31.0 Å².